The second kappa shape index (κ2) is 6.93. The van der Waals surface area contributed by atoms with Crippen LogP contribution in [0.15, 0.2) is 0 Å². The molecular weight excluding hydrogens is 262 g/mol. The third kappa shape index (κ3) is 3.49. The summed E-state index contributed by atoms with van der Waals surface area (Å²) in [6.07, 6.45) is 1.21. The summed E-state index contributed by atoms with van der Waals surface area (Å²) in [6, 6.07) is 0. The Hall–Kier alpha value is -1.04. The van der Waals surface area contributed by atoms with Crippen molar-refractivity contribution in [3.05, 3.63) is 21.5 Å². The number of nitrogens with zero attached hydrogens (tertiary/aromatic N) is 3. The van der Waals surface area contributed by atoms with Gasteiger partial charge in [0.15, 0.2) is 0 Å². The van der Waals surface area contributed by atoms with Gasteiger partial charge >= 0.3 is 5.69 Å². The van der Waals surface area contributed by atoms with E-state index in [0.29, 0.717) is 36.9 Å². The largest absolute Gasteiger partial charge is 0.313 e. The molecule has 0 fully saturated rings. The van der Waals surface area contributed by atoms with Crippen molar-refractivity contribution >= 4 is 18.3 Å². The van der Waals surface area contributed by atoms with Gasteiger partial charge in [-0.2, -0.15) is 17.7 Å². The first kappa shape index (κ1) is 16.0. The lowest BCUT2D eigenvalue weighted by atomic mass is 9.98. The Labute approximate surface area is 119 Å². The zero-order valence-corrected chi connectivity index (χ0v) is 13.0. The van der Waals surface area contributed by atoms with E-state index < -0.39 is 0 Å². The van der Waals surface area contributed by atoms with Crippen molar-refractivity contribution in [3.63, 3.8) is 0 Å². The van der Waals surface area contributed by atoms with Gasteiger partial charge in [-0.25, -0.2) is 0 Å². The van der Waals surface area contributed by atoms with Gasteiger partial charge in [0.1, 0.15) is 11.4 Å². The highest BCUT2D eigenvalue weighted by Crippen LogP contribution is 2.26. The second-order valence-corrected chi connectivity index (χ2v) is 5.44. The molecule has 0 N–H and O–H groups in total. The summed E-state index contributed by atoms with van der Waals surface area (Å²) in [4.78, 5) is 10.9. The van der Waals surface area contributed by atoms with Crippen LogP contribution in [-0.4, -0.2) is 20.5 Å². The number of nitro groups is 1. The molecule has 6 heteroatoms. The van der Waals surface area contributed by atoms with E-state index in [9.17, 15) is 10.1 Å². The molecule has 0 radical (unpaired) electrons. The molecular formula is C13H23N3O2S. The molecule has 0 aromatic carbocycles. The summed E-state index contributed by atoms with van der Waals surface area (Å²) in [6.45, 7) is 8.82. The lowest BCUT2D eigenvalue weighted by Gasteiger charge is -2.19. The number of rotatable bonds is 7. The molecule has 1 aromatic rings. The minimum absolute atomic E-state index is 0.201. The number of thiol groups is 1. The van der Waals surface area contributed by atoms with Gasteiger partial charge in [-0.15, -0.1) is 0 Å². The third-order valence-corrected chi connectivity index (χ3v) is 4.01. The van der Waals surface area contributed by atoms with E-state index in [2.05, 4.69) is 31.6 Å². The SMILES string of the molecule is CCc1nn(CC(CS)C(C)C)c(CC)c1[N+](=O)[O-]. The minimum atomic E-state index is -0.299. The van der Waals surface area contributed by atoms with Gasteiger partial charge in [-0.3, -0.25) is 14.8 Å². The average Bonchev–Trinajstić information content (AvgIpc) is 2.72. The van der Waals surface area contributed by atoms with Gasteiger partial charge < -0.3 is 0 Å². The number of aryl methyl sites for hydroxylation is 1. The van der Waals surface area contributed by atoms with Crippen LogP contribution in [0.4, 0.5) is 5.69 Å². The zero-order valence-electron chi connectivity index (χ0n) is 12.1. The van der Waals surface area contributed by atoms with E-state index in [1.165, 1.54) is 0 Å². The molecule has 0 amide bonds. The van der Waals surface area contributed by atoms with Crippen LogP contribution in [0.3, 0.4) is 0 Å². The molecule has 108 valence electrons. The first-order chi connectivity index (χ1) is 8.96. The van der Waals surface area contributed by atoms with Crippen molar-refractivity contribution in [2.24, 2.45) is 11.8 Å². The Morgan fingerprint density at radius 3 is 2.37 bits per heavy atom. The summed E-state index contributed by atoms with van der Waals surface area (Å²) in [5.74, 6) is 1.61. The van der Waals surface area contributed by atoms with Gasteiger partial charge in [0.25, 0.3) is 0 Å². The molecule has 1 atom stereocenters. The minimum Gasteiger partial charge on any atom is -0.262 e. The zero-order chi connectivity index (χ0) is 14.6. The van der Waals surface area contributed by atoms with Gasteiger partial charge in [-0.1, -0.05) is 27.7 Å². The van der Waals surface area contributed by atoms with E-state index in [4.69, 9.17) is 0 Å². The van der Waals surface area contributed by atoms with Crippen LogP contribution in [0, 0.1) is 22.0 Å². The Bertz CT molecular complexity index is 443. The molecule has 0 aliphatic heterocycles. The standard InChI is InChI=1S/C13H23N3O2S/c1-5-11-13(16(17)18)12(6-2)15(14-11)7-10(8-19)9(3)4/h9-10,19H,5-8H2,1-4H3. The first-order valence-corrected chi connectivity index (χ1v) is 7.43. The smallest absolute Gasteiger partial charge is 0.262 e. The molecule has 1 rings (SSSR count). The first-order valence-electron chi connectivity index (χ1n) is 6.79. The molecule has 0 bridgehead atoms. The Morgan fingerprint density at radius 2 is 2.00 bits per heavy atom. The molecule has 1 heterocycles. The predicted octanol–water partition coefficient (Wildman–Crippen LogP) is 3.12. The van der Waals surface area contributed by atoms with Crippen LogP contribution in [-0.2, 0) is 19.4 Å². The number of hydrogen-bond acceptors (Lipinski definition) is 4. The fraction of sp³-hybridized carbons (Fsp3) is 0.769. The highest BCUT2D eigenvalue weighted by molar-refractivity contribution is 7.80. The number of hydrogen-bond donors (Lipinski definition) is 1. The van der Waals surface area contributed by atoms with E-state index in [1.54, 1.807) is 0 Å². The van der Waals surface area contributed by atoms with Gasteiger partial charge in [-0.05, 0) is 30.4 Å². The summed E-state index contributed by atoms with van der Waals surface area (Å²) < 4.78 is 1.82. The van der Waals surface area contributed by atoms with Gasteiger partial charge in [0.2, 0.25) is 0 Å². The van der Waals surface area contributed by atoms with Gasteiger partial charge in [0.05, 0.1) is 4.92 Å². The fourth-order valence-electron chi connectivity index (χ4n) is 2.19. The molecule has 0 spiro atoms. The Kier molecular flexibility index (Phi) is 5.85. The third-order valence-electron chi connectivity index (χ3n) is 3.54. The van der Waals surface area contributed by atoms with Gasteiger partial charge in [0, 0.05) is 6.54 Å². The topological polar surface area (TPSA) is 61.0 Å². The Balaban J connectivity index is 3.17. The van der Waals surface area contributed by atoms with E-state index in [0.717, 1.165) is 11.4 Å². The molecule has 0 saturated carbocycles. The van der Waals surface area contributed by atoms with Crippen molar-refractivity contribution in [2.45, 2.75) is 47.1 Å². The molecule has 19 heavy (non-hydrogen) atoms. The lowest BCUT2D eigenvalue weighted by Crippen LogP contribution is -2.20. The molecule has 0 aliphatic rings. The van der Waals surface area contributed by atoms with E-state index in [1.807, 2.05) is 18.5 Å². The highest BCUT2D eigenvalue weighted by atomic mass is 32.1. The van der Waals surface area contributed by atoms with Crippen molar-refractivity contribution < 1.29 is 4.92 Å². The van der Waals surface area contributed by atoms with Crippen molar-refractivity contribution in [2.75, 3.05) is 5.75 Å². The summed E-state index contributed by atoms with van der Waals surface area (Å²) in [5.41, 5.74) is 1.52. The molecule has 0 saturated heterocycles. The summed E-state index contributed by atoms with van der Waals surface area (Å²) >= 11 is 4.37. The normalized spacial score (nSPS) is 12.9. The molecule has 1 unspecified atom stereocenters. The van der Waals surface area contributed by atoms with Crippen LogP contribution < -0.4 is 0 Å². The highest BCUT2D eigenvalue weighted by Gasteiger charge is 2.26. The maximum Gasteiger partial charge on any atom is 0.313 e. The van der Waals surface area contributed by atoms with E-state index in [-0.39, 0.29) is 10.6 Å². The molecule has 0 aliphatic carbocycles. The van der Waals surface area contributed by atoms with Crippen LogP contribution >= 0.6 is 12.6 Å². The second-order valence-electron chi connectivity index (χ2n) is 5.07. The van der Waals surface area contributed by atoms with E-state index >= 15 is 0 Å². The molecule has 5 nitrogen and oxygen atoms in total. The van der Waals surface area contributed by atoms with Crippen LogP contribution in [0.2, 0.25) is 0 Å². The maximum absolute atomic E-state index is 11.2. The van der Waals surface area contributed by atoms with Crippen molar-refractivity contribution in [1.29, 1.82) is 0 Å². The van der Waals surface area contributed by atoms with Crippen LogP contribution in [0.5, 0.6) is 0 Å². The lowest BCUT2D eigenvalue weighted by molar-refractivity contribution is -0.386. The van der Waals surface area contributed by atoms with Crippen molar-refractivity contribution in [3.8, 4) is 0 Å². The fourth-order valence-corrected chi connectivity index (χ4v) is 2.73. The summed E-state index contributed by atoms with van der Waals surface area (Å²) in [5, 5.41) is 15.6. The Morgan fingerprint density at radius 1 is 1.37 bits per heavy atom. The maximum atomic E-state index is 11.2. The summed E-state index contributed by atoms with van der Waals surface area (Å²) in [7, 11) is 0. The average molecular weight is 285 g/mol. The predicted molar refractivity (Wildman–Crippen MR) is 79.8 cm³/mol. The quantitative estimate of drug-likeness (QED) is 0.475. The van der Waals surface area contributed by atoms with Crippen LogP contribution in [0.25, 0.3) is 0 Å². The van der Waals surface area contributed by atoms with Crippen LogP contribution in [0.1, 0.15) is 39.1 Å². The molecule has 1 aromatic heterocycles. The monoisotopic (exact) mass is 285 g/mol. The number of aromatic nitrogens is 2. The van der Waals surface area contributed by atoms with Crippen molar-refractivity contribution in [1.82, 2.24) is 9.78 Å².